The molecule has 2 aliphatic rings. The van der Waals surface area contributed by atoms with Crippen molar-refractivity contribution in [2.75, 3.05) is 0 Å². The van der Waals surface area contributed by atoms with Crippen molar-refractivity contribution >= 4 is 10.0 Å². The van der Waals surface area contributed by atoms with Gasteiger partial charge in [-0.25, -0.2) is 8.42 Å². The lowest BCUT2D eigenvalue weighted by molar-refractivity contribution is -0.0827. The zero-order valence-corrected chi connectivity index (χ0v) is 14.2. The van der Waals surface area contributed by atoms with Gasteiger partial charge in [-0.05, 0) is 53.2 Å². The zero-order valence-electron chi connectivity index (χ0n) is 13.4. The molecule has 22 heavy (non-hydrogen) atoms. The Morgan fingerprint density at radius 3 is 2.64 bits per heavy atom. The van der Waals surface area contributed by atoms with Crippen molar-refractivity contribution in [3.63, 3.8) is 0 Å². The molecule has 1 aromatic carbocycles. The topological polar surface area (TPSA) is 37.4 Å². The molecule has 1 fully saturated rings. The van der Waals surface area contributed by atoms with E-state index in [1.54, 1.807) is 6.07 Å². The van der Waals surface area contributed by atoms with Crippen LogP contribution in [0, 0.1) is 17.8 Å². The van der Waals surface area contributed by atoms with E-state index in [0.717, 1.165) is 18.4 Å². The van der Waals surface area contributed by atoms with Gasteiger partial charge in [-0.15, -0.1) is 4.48 Å². The Hall–Kier alpha value is -0.940. The van der Waals surface area contributed by atoms with Crippen LogP contribution in [0.15, 0.2) is 29.2 Å². The van der Waals surface area contributed by atoms with Crippen molar-refractivity contribution < 1.29 is 12.9 Å². The van der Waals surface area contributed by atoms with Gasteiger partial charge in [-0.3, -0.25) is 0 Å². The highest BCUT2D eigenvalue weighted by molar-refractivity contribution is 7.89. The molecule has 0 bridgehead atoms. The van der Waals surface area contributed by atoms with Crippen LogP contribution in [0.25, 0.3) is 0 Å². The lowest BCUT2D eigenvalue weighted by Crippen LogP contribution is -2.60. The molecule has 1 aromatic rings. The van der Waals surface area contributed by atoms with Gasteiger partial charge in [0.05, 0.1) is 10.4 Å². The number of hydrogen-bond acceptors (Lipinski definition) is 2. The largest absolute Gasteiger partial charge is 0.269 e. The van der Waals surface area contributed by atoms with Crippen LogP contribution in [-0.4, -0.2) is 18.5 Å². The Bertz CT molecular complexity index is 673. The number of nitrogens with zero attached hydrogens (tertiary/aromatic N) is 1. The van der Waals surface area contributed by atoms with E-state index in [0.29, 0.717) is 18.8 Å². The van der Waals surface area contributed by atoms with Gasteiger partial charge in [-0.1, -0.05) is 45.4 Å². The first kappa shape index (κ1) is 15.9. The van der Waals surface area contributed by atoms with Crippen LogP contribution in [-0.2, 0) is 16.4 Å². The maximum Gasteiger partial charge on any atom is 0.269 e. The average molecular weight is 325 g/mol. The molecule has 0 saturated heterocycles. The maximum atomic E-state index is 15.2. The van der Waals surface area contributed by atoms with E-state index in [-0.39, 0.29) is 21.3 Å². The van der Waals surface area contributed by atoms with Crippen LogP contribution in [0.4, 0.5) is 4.48 Å². The van der Waals surface area contributed by atoms with E-state index in [1.165, 1.54) is 6.07 Å². The van der Waals surface area contributed by atoms with Gasteiger partial charge in [0.25, 0.3) is 10.0 Å². The molecule has 1 aliphatic carbocycles. The monoisotopic (exact) mass is 325 g/mol. The summed E-state index contributed by atoms with van der Waals surface area (Å²) >= 11 is 0. The molecule has 1 heterocycles. The lowest BCUT2D eigenvalue weighted by atomic mass is 9.63. The van der Waals surface area contributed by atoms with E-state index in [9.17, 15) is 8.42 Å². The summed E-state index contributed by atoms with van der Waals surface area (Å²) in [5.41, 5.74) is -0.157. The second kappa shape index (κ2) is 5.31. The summed E-state index contributed by atoms with van der Waals surface area (Å²) < 4.78 is 40.8. The zero-order chi connectivity index (χ0) is 16.1. The fourth-order valence-corrected chi connectivity index (χ4v) is 6.22. The molecular formula is C17H24FNO2S. The summed E-state index contributed by atoms with van der Waals surface area (Å²) in [5, 5.41) is 0. The van der Waals surface area contributed by atoms with Gasteiger partial charge in [0.1, 0.15) is 0 Å². The highest BCUT2D eigenvalue weighted by Gasteiger charge is 2.56. The molecule has 3 rings (SSSR count). The molecule has 0 amide bonds. The number of benzene rings is 1. The molecule has 0 radical (unpaired) electrons. The summed E-state index contributed by atoms with van der Waals surface area (Å²) in [6.07, 6.45) is 3.00. The first-order valence-electron chi connectivity index (χ1n) is 8.08. The molecule has 5 heteroatoms. The number of fused-ring (bicyclic) bond motifs is 1. The van der Waals surface area contributed by atoms with Crippen molar-refractivity contribution in [1.82, 2.24) is 4.53 Å². The maximum absolute atomic E-state index is 15.2. The molecule has 0 aromatic heterocycles. The Kier molecular flexibility index (Phi) is 3.84. The van der Waals surface area contributed by atoms with Crippen LogP contribution in [0.5, 0.6) is 0 Å². The fourth-order valence-electron chi connectivity index (χ4n) is 4.57. The van der Waals surface area contributed by atoms with E-state index in [2.05, 4.69) is 20.8 Å². The number of halogens is 1. The summed E-state index contributed by atoms with van der Waals surface area (Å²) in [5.74, 6) is 0.650. The van der Waals surface area contributed by atoms with Gasteiger partial charge >= 0.3 is 0 Å². The van der Waals surface area contributed by atoms with Crippen LogP contribution < -0.4 is 0 Å². The molecule has 1 aliphatic heterocycles. The Labute approximate surface area is 132 Å². The summed E-state index contributed by atoms with van der Waals surface area (Å²) in [6, 6.07) is 6.84. The minimum atomic E-state index is -4.05. The van der Waals surface area contributed by atoms with Gasteiger partial charge in [0, 0.05) is 0 Å². The minimum Gasteiger partial charge on any atom is -0.205 e. The van der Waals surface area contributed by atoms with Crippen LogP contribution in [0.3, 0.4) is 0 Å². The van der Waals surface area contributed by atoms with Crippen molar-refractivity contribution in [3.8, 4) is 0 Å². The third kappa shape index (κ3) is 2.21. The van der Waals surface area contributed by atoms with Crippen LogP contribution >= 0.6 is 0 Å². The molecule has 1 unspecified atom stereocenters. The Morgan fingerprint density at radius 1 is 1.27 bits per heavy atom. The standard InChI is InChI=1S/C17H24FNO2S/c1-12(2)15-9-8-13(3)10-17(15)11-14-6-4-5-7-16(14)22(20,21)19(17)18/h4-7,12-13,15H,8-11H2,1-3H3/t13-,15+,17?/m1/s1. The smallest absolute Gasteiger partial charge is 0.205 e. The van der Waals surface area contributed by atoms with Crippen LogP contribution in [0.2, 0.25) is 0 Å². The first-order valence-corrected chi connectivity index (χ1v) is 9.52. The number of rotatable bonds is 1. The van der Waals surface area contributed by atoms with Crippen molar-refractivity contribution in [2.45, 2.75) is 56.9 Å². The van der Waals surface area contributed by atoms with Crippen LogP contribution in [0.1, 0.15) is 45.6 Å². The highest BCUT2D eigenvalue weighted by atomic mass is 32.2. The van der Waals surface area contributed by atoms with Crippen molar-refractivity contribution in [2.24, 2.45) is 17.8 Å². The molecule has 0 N–H and O–H groups in total. The van der Waals surface area contributed by atoms with Crippen molar-refractivity contribution in [3.05, 3.63) is 29.8 Å². The lowest BCUT2D eigenvalue weighted by Gasteiger charge is -2.52. The molecular weight excluding hydrogens is 301 g/mol. The number of hydrogen-bond donors (Lipinski definition) is 0. The van der Waals surface area contributed by atoms with E-state index >= 15 is 4.48 Å². The molecule has 122 valence electrons. The predicted molar refractivity (Wildman–Crippen MR) is 84.4 cm³/mol. The second-order valence-corrected chi connectivity index (χ2v) is 9.06. The fraction of sp³-hybridized carbons (Fsp3) is 0.647. The summed E-state index contributed by atoms with van der Waals surface area (Å²) in [4.78, 5) is 0.129. The Balaban J connectivity index is 2.18. The van der Waals surface area contributed by atoms with E-state index in [1.807, 2.05) is 12.1 Å². The Morgan fingerprint density at radius 2 is 1.95 bits per heavy atom. The van der Waals surface area contributed by atoms with Crippen molar-refractivity contribution in [1.29, 1.82) is 0 Å². The molecule has 3 atom stereocenters. The second-order valence-electron chi connectivity index (χ2n) is 7.35. The molecule has 1 spiro atoms. The molecule has 1 saturated carbocycles. The normalized spacial score (nSPS) is 34.8. The summed E-state index contributed by atoms with van der Waals surface area (Å²) in [7, 11) is -4.05. The third-order valence-corrected chi connectivity index (χ3v) is 7.22. The minimum absolute atomic E-state index is 0.0526. The van der Waals surface area contributed by atoms with Gasteiger partial charge in [0.15, 0.2) is 0 Å². The van der Waals surface area contributed by atoms with Gasteiger partial charge < -0.3 is 0 Å². The number of sulfonamides is 1. The quantitative estimate of drug-likeness (QED) is 0.733. The van der Waals surface area contributed by atoms with Gasteiger partial charge in [0.2, 0.25) is 0 Å². The SMILES string of the molecule is CC(C)[C@@H]1CC[C@@H](C)CC12Cc1ccccc1S(=O)(=O)N2F. The summed E-state index contributed by atoms with van der Waals surface area (Å²) in [6.45, 7) is 6.24. The van der Waals surface area contributed by atoms with E-state index < -0.39 is 15.6 Å². The molecule has 3 nitrogen and oxygen atoms in total. The first-order chi connectivity index (χ1) is 10.3. The highest BCUT2D eigenvalue weighted by Crippen LogP contribution is 2.51. The van der Waals surface area contributed by atoms with Gasteiger partial charge in [-0.2, -0.15) is 0 Å². The average Bonchev–Trinajstić information content (AvgIpc) is 2.45. The van der Waals surface area contributed by atoms with E-state index in [4.69, 9.17) is 0 Å². The third-order valence-electron chi connectivity index (χ3n) is 5.48. The predicted octanol–water partition coefficient (Wildman–Crippen LogP) is 3.95.